The standard InChI is InChI=1S/C27H25F3N4O3/c28-27(29,30)20-9-6-17(7-10-20)14-34-15-22-19(8-11-23-21(22)13-31-33-23)12-24(25(34)35)32-26(36)37-16-18-4-2-1-3-5-18/h1-4,6-11,13,18,24H,5,12,14-16H2,(H,31,33)(H,32,36)/t18?,24-/m1/s1. The first-order chi connectivity index (χ1) is 17.8. The number of benzene rings is 2. The number of alkyl halides is 3. The van der Waals surface area contributed by atoms with Gasteiger partial charge < -0.3 is 15.0 Å². The number of amides is 2. The molecule has 2 N–H and O–H groups in total. The van der Waals surface area contributed by atoms with Crippen molar-refractivity contribution in [2.45, 2.75) is 38.1 Å². The SMILES string of the molecule is O=C(N[C@@H]1Cc2ccc3[nH]ncc3c2CN(Cc2ccc(C(F)(F)F)cc2)C1=O)OCC1C=CC=CC1. The van der Waals surface area contributed by atoms with Gasteiger partial charge in [-0.15, -0.1) is 0 Å². The summed E-state index contributed by atoms with van der Waals surface area (Å²) in [5.74, 6) is -0.267. The number of allylic oxidation sites excluding steroid dienone is 3. The number of aromatic nitrogens is 2. The monoisotopic (exact) mass is 510 g/mol. The van der Waals surface area contributed by atoms with Gasteiger partial charge in [0.15, 0.2) is 0 Å². The minimum Gasteiger partial charge on any atom is -0.449 e. The molecule has 5 rings (SSSR count). The molecule has 10 heteroatoms. The van der Waals surface area contributed by atoms with Crippen molar-refractivity contribution in [2.24, 2.45) is 5.92 Å². The number of aromatic amines is 1. The van der Waals surface area contributed by atoms with Gasteiger partial charge in [-0.2, -0.15) is 18.3 Å². The number of alkyl carbamates (subject to hydrolysis) is 1. The van der Waals surface area contributed by atoms with Crippen LogP contribution in [0.5, 0.6) is 0 Å². The molecule has 0 bridgehead atoms. The Morgan fingerprint density at radius 3 is 2.70 bits per heavy atom. The van der Waals surface area contributed by atoms with Crippen LogP contribution in [0, 0.1) is 5.92 Å². The minimum atomic E-state index is -4.44. The summed E-state index contributed by atoms with van der Waals surface area (Å²) >= 11 is 0. The first kappa shape index (κ1) is 24.6. The molecule has 37 heavy (non-hydrogen) atoms. The summed E-state index contributed by atoms with van der Waals surface area (Å²) in [6, 6.07) is 7.60. The van der Waals surface area contributed by atoms with Gasteiger partial charge in [0.25, 0.3) is 0 Å². The number of hydrogen-bond donors (Lipinski definition) is 2. The fourth-order valence-corrected chi connectivity index (χ4v) is 4.68. The number of H-pyrrole nitrogens is 1. The number of carbonyl (C=O) groups is 2. The van der Waals surface area contributed by atoms with E-state index in [-0.39, 0.29) is 37.9 Å². The van der Waals surface area contributed by atoms with Crippen molar-refractivity contribution in [2.75, 3.05) is 6.61 Å². The Labute approximate surface area is 211 Å². The predicted octanol–water partition coefficient (Wildman–Crippen LogP) is 4.89. The van der Waals surface area contributed by atoms with Crippen LogP contribution in [0.3, 0.4) is 0 Å². The molecule has 1 aliphatic carbocycles. The summed E-state index contributed by atoms with van der Waals surface area (Å²) in [5, 5.41) is 10.6. The molecule has 2 atom stereocenters. The third-order valence-electron chi connectivity index (χ3n) is 6.66. The Morgan fingerprint density at radius 1 is 1.16 bits per heavy atom. The lowest BCUT2D eigenvalue weighted by Crippen LogP contribution is -2.48. The lowest BCUT2D eigenvalue weighted by Gasteiger charge is -2.25. The van der Waals surface area contributed by atoms with Gasteiger partial charge in [-0.3, -0.25) is 9.89 Å². The van der Waals surface area contributed by atoms with E-state index >= 15 is 0 Å². The quantitative estimate of drug-likeness (QED) is 0.512. The first-order valence-electron chi connectivity index (χ1n) is 11.9. The Hall–Kier alpha value is -4.08. The van der Waals surface area contributed by atoms with E-state index in [9.17, 15) is 22.8 Å². The largest absolute Gasteiger partial charge is 0.449 e. The zero-order chi connectivity index (χ0) is 26.0. The molecule has 0 saturated carbocycles. The van der Waals surface area contributed by atoms with Crippen LogP contribution in [0.2, 0.25) is 0 Å². The maximum Gasteiger partial charge on any atom is 0.416 e. The fourth-order valence-electron chi connectivity index (χ4n) is 4.68. The number of nitrogens with one attached hydrogen (secondary N) is 2. The first-order valence-corrected chi connectivity index (χ1v) is 11.9. The van der Waals surface area contributed by atoms with Crippen molar-refractivity contribution in [3.05, 3.63) is 89.2 Å². The second kappa shape index (κ2) is 10.1. The van der Waals surface area contributed by atoms with Crippen LogP contribution in [-0.2, 0) is 35.2 Å². The summed E-state index contributed by atoms with van der Waals surface area (Å²) in [6.07, 6.45) is 5.35. The van der Waals surface area contributed by atoms with Crippen LogP contribution in [0.25, 0.3) is 10.9 Å². The van der Waals surface area contributed by atoms with Crippen LogP contribution in [-0.4, -0.2) is 39.7 Å². The maximum absolute atomic E-state index is 13.6. The van der Waals surface area contributed by atoms with E-state index in [1.54, 1.807) is 11.1 Å². The third-order valence-corrected chi connectivity index (χ3v) is 6.66. The smallest absolute Gasteiger partial charge is 0.416 e. The summed E-state index contributed by atoms with van der Waals surface area (Å²) in [5.41, 5.74) is 2.35. The number of fused-ring (bicyclic) bond motifs is 3. The Kier molecular flexibility index (Phi) is 6.73. The molecule has 1 aliphatic heterocycles. The van der Waals surface area contributed by atoms with E-state index < -0.39 is 23.9 Å². The average Bonchev–Trinajstić information content (AvgIpc) is 3.32. The van der Waals surface area contributed by atoms with Gasteiger partial charge in [0.1, 0.15) is 6.04 Å². The molecule has 1 unspecified atom stereocenters. The Balaban J connectivity index is 1.37. The molecule has 7 nitrogen and oxygen atoms in total. The summed E-state index contributed by atoms with van der Waals surface area (Å²) in [6.45, 7) is 0.491. The van der Waals surface area contributed by atoms with E-state index in [1.165, 1.54) is 12.1 Å². The van der Waals surface area contributed by atoms with Crippen molar-refractivity contribution in [1.29, 1.82) is 0 Å². The highest BCUT2D eigenvalue weighted by Gasteiger charge is 2.33. The molecule has 2 amide bonds. The summed E-state index contributed by atoms with van der Waals surface area (Å²) in [4.78, 5) is 27.8. The summed E-state index contributed by atoms with van der Waals surface area (Å²) < 4.78 is 44.4. The highest BCUT2D eigenvalue weighted by molar-refractivity contribution is 5.89. The lowest BCUT2D eigenvalue weighted by atomic mass is 9.99. The zero-order valence-electron chi connectivity index (χ0n) is 19.8. The van der Waals surface area contributed by atoms with Crippen LogP contribution in [0.15, 0.2) is 66.9 Å². The number of halogens is 3. The van der Waals surface area contributed by atoms with Crippen LogP contribution in [0.1, 0.15) is 28.7 Å². The molecule has 0 saturated heterocycles. The number of ether oxygens (including phenoxy) is 1. The molecular weight excluding hydrogens is 485 g/mol. The van der Waals surface area contributed by atoms with Crippen molar-refractivity contribution in [3.8, 4) is 0 Å². The number of carbonyl (C=O) groups excluding carboxylic acids is 2. The molecule has 0 fully saturated rings. The average molecular weight is 511 g/mol. The zero-order valence-corrected chi connectivity index (χ0v) is 19.8. The van der Waals surface area contributed by atoms with Crippen LogP contribution in [0.4, 0.5) is 18.0 Å². The maximum atomic E-state index is 13.6. The highest BCUT2D eigenvalue weighted by Crippen LogP contribution is 2.31. The number of hydrogen-bond acceptors (Lipinski definition) is 4. The highest BCUT2D eigenvalue weighted by atomic mass is 19.4. The van der Waals surface area contributed by atoms with Crippen molar-refractivity contribution in [3.63, 3.8) is 0 Å². The normalized spacial score (nSPS) is 19.5. The van der Waals surface area contributed by atoms with Gasteiger partial charge in [-0.25, -0.2) is 4.79 Å². The molecule has 2 aromatic carbocycles. The summed E-state index contributed by atoms with van der Waals surface area (Å²) in [7, 11) is 0. The van der Waals surface area contributed by atoms with Gasteiger partial charge in [-0.05, 0) is 41.3 Å². The third kappa shape index (κ3) is 5.52. The number of nitrogens with zero attached hydrogens (tertiary/aromatic N) is 2. The van der Waals surface area contributed by atoms with E-state index in [0.29, 0.717) is 5.56 Å². The van der Waals surface area contributed by atoms with E-state index in [4.69, 9.17) is 4.74 Å². The molecule has 1 aromatic heterocycles. The fraction of sp³-hybridized carbons (Fsp3) is 0.296. The van der Waals surface area contributed by atoms with Crippen LogP contribution < -0.4 is 5.32 Å². The van der Waals surface area contributed by atoms with E-state index in [2.05, 4.69) is 15.5 Å². The van der Waals surface area contributed by atoms with Crippen molar-refractivity contribution >= 4 is 22.9 Å². The Bertz CT molecular complexity index is 1360. The topological polar surface area (TPSA) is 87.3 Å². The molecule has 0 radical (unpaired) electrons. The predicted molar refractivity (Wildman–Crippen MR) is 130 cm³/mol. The van der Waals surface area contributed by atoms with Gasteiger partial charge in [0.2, 0.25) is 5.91 Å². The lowest BCUT2D eigenvalue weighted by molar-refractivity contribution is -0.137. The molecule has 192 valence electrons. The van der Waals surface area contributed by atoms with Gasteiger partial charge in [-0.1, -0.05) is 42.5 Å². The van der Waals surface area contributed by atoms with Crippen LogP contribution >= 0.6 is 0 Å². The second-order valence-electron chi connectivity index (χ2n) is 9.23. The molecule has 3 aromatic rings. The van der Waals surface area contributed by atoms with Crippen molar-refractivity contribution in [1.82, 2.24) is 20.4 Å². The van der Waals surface area contributed by atoms with Crippen molar-refractivity contribution < 1.29 is 27.5 Å². The number of rotatable bonds is 5. The van der Waals surface area contributed by atoms with Gasteiger partial charge in [0.05, 0.1) is 23.9 Å². The second-order valence-corrected chi connectivity index (χ2v) is 9.23. The minimum absolute atomic E-state index is 0.0758. The molecule has 2 heterocycles. The molecule has 0 spiro atoms. The molecule has 2 aliphatic rings. The van der Waals surface area contributed by atoms with E-state index in [1.807, 2.05) is 36.4 Å². The molecular formula is C27H25F3N4O3. The Morgan fingerprint density at radius 2 is 1.97 bits per heavy atom. The van der Waals surface area contributed by atoms with Gasteiger partial charge in [0, 0.05) is 30.8 Å². The van der Waals surface area contributed by atoms with Gasteiger partial charge >= 0.3 is 12.3 Å². The van der Waals surface area contributed by atoms with E-state index in [0.717, 1.165) is 40.6 Å².